The van der Waals surface area contributed by atoms with Crippen molar-refractivity contribution in [1.29, 1.82) is 0 Å². The third-order valence-electron chi connectivity index (χ3n) is 2.92. The summed E-state index contributed by atoms with van der Waals surface area (Å²) in [4.78, 5) is 2.00. The molecule has 0 radical (unpaired) electrons. The Morgan fingerprint density at radius 3 is 2.57 bits per heavy atom. The summed E-state index contributed by atoms with van der Waals surface area (Å²) in [5.74, 6) is 0.611. The SMILES string of the molecule is COc1ccc(OC)c(S(=O)(=O)N/N=C/c2cccc(O)c2)c1. The number of sulfonamides is 1. The molecule has 122 valence electrons. The fraction of sp³-hybridized carbons (Fsp3) is 0.133. The van der Waals surface area contributed by atoms with Gasteiger partial charge in [0.25, 0.3) is 10.0 Å². The first-order valence-electron chi connectivity index (χ1n) is 6.52. The lowest BCUT2D eigenvalue weighted by Crippen LogP contribution is -2.19. The molecular formula is C15H16N2O5S. The summed E-state index contributed by atoms with van der Waals surface area (Å²) in [7, 11) is -1.12. The van der Waals surface area contributed by atoms with Gasteiger partial charge >= 0.3 is 0 Å². The van der Waals surface area contributed by atoms with Crippen LogP contribution in [-0.4, -0.2) is 34.0 Å². The number of aromatic hydroxyl groups is 1. The summed E-state index contributed by atoms with van der Waals surface area (Å²) < 4.78 is 34.7. The van der Waals surface area contributed by atoms with E-state index in [0.29, 0.717) is 11.3 Å². The Bertz CT molecular complexity index is 818. The maximum Gasteiger partial charge on any atom is 0.280 e. The predicted octanol–water partition coefficient (Wildman–Crippen LogP) is 1.72. The highest BCUT2D eigenvalue weighted by Gasteiger charge is 2.19. The van der Waals surface area contributed by atoms with E-state index in [1.807, 2.05) is 0 Å². The van der Waals surface area contributed by atoms with Crippen molar-refractivity contribution >= 4 is 16.2 Å². The minimum absolute atomic E-state index is 0.0614. The van der Waals surface area contributed by atoms with Crippen LogP contribution in [0.5, 0.6) is 17.2 Å². The van der Waals surface area contributed by atoms with Gasteiger partial charge in [-0.15, -0.1) is 0 Å². The normalized spacial score (nSPS) is 11.4. The summed E-state index contributed by atoms with van der Waals surface area (Å²) in [5, 5.41) is 13.0. The van der Waals surface area contributed by atoms with Gasteiger partial charge in [-0.2, -0.15) is 18.4 Å². The number of rotatable bonds is 6. The Morgan fingerprint density at radius 1 is 1.13 bits per heavy atom. The smallest absolute Gasteiger partial charge is 0.280 e. The van der Waals surface area contributed by atoms with Crippen LogP contribution < -0.4 is 14.3 Å². The van der Waals surface area contributed by atoms with Crippen LogP contribution >= 0.6 is 0 Å². The van der Waals surface area contributed by atoms with Crippen LogP contribution in [0.1, 0.15) is 5.56 Å². The van der Waals surface area contributed by atoms with Crippen molar-refractivity contribution < 1.29 is 23.0 Å². The third-order valence-corrected chi connectivity index (χ3v) is 4.16. The number of phenolic OH excluding ortho intramolecular Hbond substituents is 1. The van der Waals surface area contributed by atoms with Gasteiger partial charge in [0.1, 0.15) is 22.1 Å². The van der Waals surface area contributed by atoms with E-state index < -0.39 is 10.0 Å². The zero-order chi connectivity index (χ0) is 16.9. The largest absolute Gasteiger partial charge is 0.508 e. The van der Waals surface area contributed by atoms with E-state index in [1.54, 1.807) is 18.2 Å². The van der Waals surface area contributed by atoms with E-state index in [4.69, 9.17) is 9.47 Å². The van der Waals surface area contributed by atoms with Gasteiger partial charge in [0.15, 0.2) is 0 Å². The number of phenols is 1. The highest BCUT2D eigenvalue weighted by atomic mass is 32.2. The van der Waals surface area contributed by atoms with Gasteiger partial charge in [-0.1, -0.05) is 12.1 Å². The second-order valence-corrected chi connectivity index (χ2v) is 6.09. The van der Waals surface area contributed by atoms with Gasteiger partial charge in [-0.3, -0.25) is 0 Å². The Morgan fingerprint density at radius 2 is 1.91 bits per heavy atom. The Kier molecular flexibility index (Phi) is 5.07. The van der Waals surface area contributed by atoms with E-state index >= 15 is 0 Å². The number of benzene rings is 2. The predicted molar refractivity (Wildman–Crippen MR) is 85.6 cm³/mol. The molecule has 2 aromatic rings. The third kappa shape index (κ3) is 4.13. The summed E-state index contributed by atoms with van der Waals surface area (Å²) in [5.41, 5.74) is 0.547. The Labute approximate surface area is 134 Å². The number of nitrogens with one attached hydrogen (secondary N) is 1. The zero-order valence-electron chi connectivity index (χ0n) is 12.6. The van der Waals surface area contributed by atoms with Crippen LogP contribution in [0.15, 0.2) is 52.5 Å². The van der Waals surface area contributed by atoms with Gasteiger partial charge in [0.05, 0.1) is 20.4 Å². The van der Waals surface area contributed by atoms with Crippen molar-refractivity contribution in [2.45, 2.75) is 4.90 Å². The number of hydrogen-bond acceptors (Lipinski definition) is 6. The summed E-state index contributed by atoms with van der Waals surface area (Å²) in [6.45, 7) is 0. The fourth-order valence-electron chi connectivity index (χ4n) is 1.82. The summed E-state index contributed by atoms with van der Waals surface area (Å²) in [6.07, 6.45) is 1.28. The molecule has 2 N–H and O–H groups in total. The van der Waals surface area contributed by atoms with Crippen molar-refractivity contribution in [2.24, 2.45) is 5.10 Å². The Balaban J connectivity index is 2.25. The van der Waals surface area contributed by atoms with E-state index in [-0.39, 0.29) is 16.4 Å². The summed E-state index contributed by atoms with van der Waals surface area (Å²) in [6, 6.07) is 10.7. The molecule has 0 aliphatic heterocycles. The first-order chi connectivity index (χ1) is 11.0. The standard InChI is InChI=1S/C15H16N2O5S/c1-21-13-6-7-14(22-2)15(9-13)23(19,20)17-16-10-11-4-3-5-12(18)8-11/h3-10,17-18H,1-2H3/b16-10+. The molecule has 0 aliphatic rings. The lowest BCUT2D eigenvalue weighted by atomic mass is 10.2. The lowest BCUT2D eigenvalue weighted by Gasteiger charge is -2.10. The molecule has 0 bridgehead atoms. The molecule has 0 heterocycles. The first-order valence-corrected chi connectivity index (χ1v) is 8.00. The number of ether oxygens (including phenoxy) is 2. The molecule has 0 unspecified atom stereocenters. The molecule has 0 atom stereocenters. The molecule has 0 saturated heterocycles. The fourth-order valence-corrected chi connectivity index (χ4v) is 2.80. The number of hydrogen-bond donors (Lipinski definition) is 2. The molecule has 0 saturated carbocycles. The molecule has 23 heavy (non-hydrogen) atoms. The van der Waals surface area contributed by atoms with Crippen LogP contribution in [0.25, 0.3) is 0 Å². The highest BCUT2D eigenvalue weighted by molar-refractivity contribution is 7.89. The average Bonchev–Trinajstić information content (AvgIpc) is 2.54. The van der Waals surface area contributed by atoms with E-state index in [0.717, 1.165) is 0 Å². The quantitative estimate of drug-likeness (QED) is 0.618. The molecule has 7 nitrogen and oxygen atoms in total. The van der Waals surface area contributed by atoms with Gasteiger partial charge in [0, 0.05) is 6.07 Å². The first kappa shape index (κ1) is 16.6. The molecule has 8 heteroatoms. The maximum absolute atomic E-state index is 12.3. The number of hydrazone groups is 1. The minimum atomic E-state index is -3.93. The average molecular weight is 336 g/mol. The molecule has 2 rings (SSSR count). The second-order valence-electron chi connectivity index (χ2n) is 4.46. The van der Waals surface area contributed by atoms with Crippen LogP contribution in [0.3, 0.4) is 0 Å². The van der Waals surface area contributed by atoms with Gasteiger partial charge < -0.3 is 14.6 Å². The van der Waals surface area contributed by atoms with Gasteiger partial charge in [-0.25, -0.2) is 0 Å². The zero-order valence-corrected chi connectivity index (χ0v) is 13.4. The van der Waals surface area contributed by atoms with E-state index in [9.17, 15) is 13.5 Å². The topological polar surface area (TPSA) is 97.2 Å². The molecule has 0 amide bonds. The van der Waals surface area contributed by atoms with E-state index in [1.165, 1.54) is 44.7 Å². The molecule has 0 aromatic heterocycles. The van der Waals surface area contributed by atoms with Crippen LogP contribution in [0, 0.1) is 0 Å². The highest BCUT2D eigenvalue weighted by Crippen LogP contribution is 2.27. The molecular weight excluding hydrogens is 320 g/mol. The molecule has 0 fully saturated rings. The molecule has 0 aliphatic carbocycles. The van der Waals surface area contributed by atoms with Crippen molar-refractivity contribution in [2.75, 3.05) is 14.2 Å². The van der Waals surface area contributed by atoms with Gasteiger partial charge in [-0.05, 0) is 29.8 Å². The van der Waals surface area contributed by atoms with Gasteiger partial charge in [0.2, 0.25) is 0 Å². The van der Waals surface area contributed by atoms with E-state index in [2.05, 4.69) is 9.93 Å². The number of methoxy groups -OCH3 is 2. The van der Waals surface area contributed by atoms with Crippen molar-refractivity contribution in [1.82, 2.24) is 4.83 Å². The number of nitrogens with zero attached hydrogens (tertiary/aromatic N) is 1. The second kappa shape index (κ2) is 7.01. The van der Waals surface area contributed by atoms with Crippen LogP contribution in [0.2, 0.25) is 0 Å². The van der Waals surface area contributed by atoms with Crippen molar-refractivity contribution in [3.63, 3.8) is 0 Å². The lowest BCUT2D eigenvalue weighted by molar-refractivity contribution is 0.392. The minimum Gasteiger partial charge on any atom is -0.508 e. The van der Waals surface area contributed by atoms with Crippen LogP contribution in [0.4, 0.5) is 0 Å². The van der Waals surface area contributed by atoms with Crippen LogP contribution in [-0.2, 0) is 10.0 Å². The monoisotopic (exact) mass is 336 g/mol. The maximum atomic E-state index is 12.3. The van der Waals surface area contributed by atoms with Crippen molar-refractivity contribution in [3.8, 4) is 17.2 Å². The summed E-state index contributed by atoms with van der Waals surface area (Å²) >= 11 is 0. The Hall–Kier alpha value is -2.74. The molecule has 2 aromatic carbocycles. The molecule has 0 spiro atoms. The van der Waals surface area contributed by atoms with Crippen molar-refractivity contribution in [3.05, 3.63) is 48.0 Å².